The van der Waals surface area contributed by atoms with E-state index in [9.17, 15) is 4.79 Å². The van der Waals surface area contributed by atoms with Crippen LogP contribution in [0.3, 0.4) is 0 Å². The van der Waals surface area contributed by atoms with E-state index >= 15 is 0 Å². The number of amides is 1. The molecule has 2 heteroatoms. The van der Waals surface area contributed by atoms with Gasteiger partial charge in [-0.15, -0.1) is 0 Å². The zero-order valence-electron chi connectivity index (χ0n) is 12.7. The van der Waals surface area contributed by atoms with Gasteiger partial charge in [0.15, 0.2) is 0 Å². The average Bonchev–Trinajstić information content (AvgIpc) is 2.39. The quantitative estimate of drug-likeness (QED) is 0.752. The van der Waals surface area contributed by atoms with Crippen LogP contribution in [0.1, 0.15) is 79.1 Å². The van der Waals surface area contributed by atoms with Crippen molar-refractivity contribution in [1.82, 2.24) is 5.32 Å². The summed E-state index contributed by atoms with van der Waals surface area (Å²) in [6, 6.07) is 0.419. The summed E-state index contributed by atoms with van der Waals surface area (Å²) in [5, 5.41) is 3.28. The SMILES string of the molecule is CCCC(C)(CC)C1CCCCC1NC(=O)CC. The second-order valence-corrected chi connectivity index (χ2v) is 6.18. The topological polar surface area (TPSA) is 29.1 Å². The summed E-state index contributed by atoms with van der Waals surface area (Å²) in [6.07, 6.45) is 9.44. The molecule has 1 aliphatic rings. The van der Waals surface area contributed by atoms with Gasteiger partial charge in [-0.3, -0.25) is 4.79 Å². The number of hydrogen-bond acceptors (Lipinski definition) is 1. The maximum absolute atomic E-state index is 11.7. The van der Waals surface area contributed by atoms with Gasteiger partial charge >= 0.3 is 0 Å². The summed E-state index contributed by atoms with van der Waals surface area (Å²) in [6.45, 7) is 8.95. The standard InChI is InChI=1S/C16H31NO/c1-5-12-16(4,7-3)13-10-8-9-11-14(13)17-15(18)6-2/h13-14H,5-12H2,1-4H3,(H,17,18). The van der Waals surface area contributed by atoms with Crippen LogP contribution in [-0.4, -0.2) is 11.9 Å². The highest BCUT2D eigenvalue weighted by Gasteiger charge is 2.38. The molecule has 0 heterocycles. The largest absolute Gasteiger partial charge is 0.353 e. The van der Waals surface area contributed by atoms with E-state index in [4.69, 9.17) is 0 Å². The summed E-state index contributed by atoms with van der Waals surface area (Å²) in [5.41, 5.74) is 0.404. The molecule has 0 saturated heterocycles. The Kier molecular flexibility index (Phi) is 6.17. The predicted octanol–water partition coefficient (Wildman–Crippen LogP) is 4.29. The van der Waals surface area contributed by atoms with Crippen molar-refractivity contribution in [2.45, 2.75) is 85.1 Å². The molecule has 0 aromatic carbocycles. The van der Waals surface area contributed by atoms with Crippen molar-refractivity contribution in [3.05, 3.63) is 0 Å². The minimum atomic E-state index is 0.224. The molecule has 1 aliphatic carbocycles. The van der Waals surface area contributed by atoms with E-state index in [1.165, 1.54) is 44.9 Å². The molecule has 2 nitrogen and oxygen atoms in total. The maximum atomic E-state index is 11.7. The molecule has 0 aromatic heterocycles. The Morgan fingerprint density at radius 3 is 2.44 bits per heavy atom. The van der Waals surface area contributed by atoms with Crippen molar-refractivity contribution < 1.29 is 4.79 Å². The summed E-state index contributed by atoms with van der Waals surface area (Å²) in [7, 11) is 0. The highest BCUT2D eigenvalue weighted by Crippen LogP contribution is 2.44. The fourth-order valence-electron chi connectivity index (χ4n) is 3.64. The molecule has 106 valence electrons. The van der Waals surface area contributed by atoms with Crippen molar-refractivity contribution in [2.24, 2.45) is 11.3 Å². The van der Waals surface area contributed by atoms with E-state index in [1.54, 1.807) is 0 Å². The Balaban J connectivity index is 2.76. The first-order valence-corrected chi connectivity index (χ1v) is 7.86. The van der Waals surface area contributed by atoms with Gasteiger partial charge in [0, 0.05) is 12.5 Å². The second kappa shape index (κ2) is 7.16. The number of carbonyl (C=O) groups excluding carboxylic acids is 1. The van der Waals surface area contributed by atoms with Crippen LogP contribution in [0.5, 0.6) is 0 Å². The van der Waals surface area contributed by atoms with Crippen LogP contribution in [-0.2, 0) is 4.79 Å². The normalized spacial score (nSPS) is 27.6. The third kappa shape index (κ3) is 3.73. The van der Waals surface area contributed by atoms with Crippen molar-refractivity contribution in [3.63, 3.8) is 0 Å². The Morgan fingerprint density at radius 1 is 1.22 bits per heavy atom. The Labute approximate surface area is 113 Å². The molecule has 0 radical (unpaired) electrons. The summed E-state index contributed by atoms with van der Waals surface area (Å²) < 4.78 is 0. The lowest BCUT2D eigenvalue weighted by Crippen LogP contribution is -2.48. The zero-order chi connectivity index (χ0) is 13.6. The molecule has 1 saturated carbocycles. The molecule has 0 aliphatic heterocycles. The van der Waals surface area contributed by atoms with Crippen LogP contribution in [0.25, 0.3) is 0 Å². The lowest BCUT2D eigenvalue weighted by atomic mass is 9.64. The third-order valence-electron chi connectivity index (χ3n) is 4.96. The van der Waals surface area contributed by atoms with Gasteiger partial charge in [0.2, 0.25) is 5.91 Å². The number of rotatable bonds is 6. The van der Waals surface area contributed by atoms with Gasteiger partial charge in [-0.1, -0.05) is 53.4 Å². The predicted molar refractivity (Wildman–Crippen MR) is 77.5 cm³/mol. The summed E-state index contributed by atoms with van der Waals surface area (Å²) in [5.74, 6) is 0.897. The Hall–Kier alpha value is -0.530. The minimum absolute atomic E-state index is 0.224. The van der Waals surface area contributed by atoms with Gasteiger partial charge in [-0.25, -0.2) is 0 Å². The highest BCUT2D eigenvalue weighted by atomic mass is 16.1. The summed E-state index contributed by atoms with van der Waals surface area (Å²) in [4.78, 5) is 11.7. The van der Waals surface area contributed by atoms with Crippen LogP contribution in [0.2, 0.25) is 0 Å². The molecular formula is C16H31NO. The average molecular weight is 253 g/mol. The van der Waals surface area contributed by atoms with Crippen LogP contribution in [0.15, 0.2) is 0 Å². The van der Waals surface area contributed by atoms with Gasteiger partial charge < -0.3 is 5.32 Å². The van der Waals surface area contributed by atoms with Crippen LogP contribution in [0.4, 0.5) is 0 Å². The molecular weight excluding hydrogens is 222 g/mol. The van der Waals surface area contributed by atoms with E-state index in [0.29, 0.717) is 23.8 Å². The molecule has 18 heavy (non-hydrogen) atoms. The molecule has 0 spiro atoms. The maximum Gasteiger partial charge on any atom is 0.219 e. The molecule has 3 atom stereocenters. The third-order valence-corrected chi connectivity index (χ3v) is 4.96. The Morgan fingerprint density at radius 2 is 1.89 bits per heavy atom. The first-order valence-electron chi connectivity index (χ1n) is 7.86. The lowest BCUT2D eigenvalue weighted by molar-refractivity contribution is -0.122. The summed E-state index contributed by atoms with van der Waals surface area (Å²) >= 11 is 0. The number of nitrogens with one attached hydrogen (secondary N) is 1. The Bertz CT molecular complexity index is 264. The van der Waals surface area contributed by atoms with Gasteiger partial charge in [0.25, 0.3) is 0 Å². The molecule has 1 amide bonds. The molecule has 0 bridgehead atoms. The van der Waals surface area contributed by atoms with Crippen molar-refractivity contribution in [2.75, 3.05) is 0 Å². The van der Waals surface area contributed by atoms with E-state index in [2.05, 4.69) is 26.1 Å². The highest BCUT2D eigenvalue weighted by molar-refractivity contribution is 5.75. The van der Waals surface area contributed by atoms with Gasteiger partial charge in [-0.2, -0.15) is 0 Å². The first-order chi connectivity index (χ1) is 8.57. The lowest BCUT2D eigenvalue weighted by Gasteiger charge is -2.44. The minimum Gasteiger partial charge on any atom is -0.353 e. The fourth-order valence-corrected chi connectivity index (χ4v) is 3.64. The van der Waals surface area contributed by atoms with Crippen molar-refractivity contribution in [3.8, 4) is 0 Å². The monoisotopic (exact) mass is 253 g/mol. The van der Waals surface area contributed by atoms with Crippen molar-refractivity contribution >= 4 is 5.91 Å². The number of carbonyl (C=O) groups is 1. The van der Waals surface area contributed by atoms with Crippen molar-refractivity contribution in [1.29, 1.82) is 0 Å². The number of hydrogen-bond donors (Lipinski definition) is 1. The second-order valence-electron chi connectivity index (χ2n) is 6.18. The first kappa shape index (κ1) is 15.5. The molecule has 1 fully saturated rings. The van der Waals surface area contributed by atoms with Crippen LogP contribution >= 0.6 is 0 Å². The molecule has 3 unspecified atom stereocenters. The van der Waals surface area contributed by atoms with Gasteiger partial charge in [0.1, 0.15) is 0 Å². The van der Waals surface area contributed by atoms with Crippen LogP contribution in [0, 0.1) is 11.3 Å². The zero-order valence-corrected chi connectivity index (χ0v) is 12.7. The molecule has 1 rings (SSSR count). The van der Waals surface area contributed by atoms with Gasteiger partial charge in [0.05, 0.1) is 0 Å². The molecule has 1 N–H and O–H groups in total. The molecule has 0 aromatic rings. The van der Waals surface area contributed by atoms with Gasteiger partial charge in [-0.05, 0) is 30.6 Å². The van der Waals surface area contributed by atoms with Crippen LogP contribution < -0.4 is 5.32 Å². The van der Waals surface area contributed by atoms with E-state index in [-0.39, 0.29) is 5.91 Å². The van der Waals surface area contributed by atoms with E-state index < -0.39 is 0 Å². The smallest absolute Gasteiger partial charge is 0.219 e. The van der Waals surface area contributed by atoms with E-state index in [0.717, 1.165) is 0 Å². The van der Waals surface area contributed by atoms with E-state index in [1.807, 2.05) is 6.92 Å². The fraction of sp³-hybridized carbons (Fsp3) is 0.938.